The van der Waals surface area contributed by atoms with Crippen LogP contribution in [0.25, 0.3) is 0 Å². The van der Waals surface area contributed by atoms with Crippen LogP contribution in [0.5, 0.6) is 28.7 Å². The molecule has 2 bridgehead atoms. The Morgan fingerprint density at radius 1 is 0.706 bits per heavy atom. The summed E-state index contributed by atoms with van der Waals surface area (Å²) in [6.07, 6.45) is 0.438. The second-order valence-corrected chi connectivity index (χ2v) is 13.3. The van der Waals surface area contributed by atoms with Crippen molar-refractivity contribution < 1.29 is 38.0 Å². The van der Waals surface area contributed by atoms with Crippen molar-refractivity contribution in [2.45, 2.75) is 57.6 Å². The summed E-state index contributed by atoms with van der Waals surface area (Å²) in [5.41, 5.74) is 6.19. The number of fused-ring (bicyclic) bond motifs is 7. The number of hydrogen-bond acceptors (Lipinski definition) is 9. The van der Waals surface area contributed by atoms with Gasteiger partial charge in [-0.1, -0.05) is 66.7 Å². The van der Waals surface area contributed by atoms with Gasteiger partial charge in [0, 0.05) is 16.7 Å². The molecule has 2 unspecified atom stereocenters. The van der Waals surface area contributed by atoms with Crippen molar-refractivity contribution in [3.05, 3.63) is 111 Å². The molecule has 4 atom stereocenters. The van der Waals surface area contributed by atoms with Crippen LogP contribution in [-0.2, 0) is 29.2 Å². The molecule has 0 aliphatic carbocycles. The molecule has 3 aliphatic heterocycles. The zero-order chi connectivity index (χ0) is 36.0. The van der Waals surface area contributed by atoms with Gasteiger partial charge in [-0.05, 0) is 49.6 Å². The fourth-order valence-electron chi connectivity index (χ4n) is 8.34. The Morgan fingerprint density at radius 3 is 1.92 bits per heavy atom. The number of methoxy groups -OCH3 is 4. The van der Waals surface area contributed by atoms with Gasteiger partial charge in [0.05, 0.1) is 65.3 Å². The summed E-state index contributed by atoms with van der Waals surface area (Å²) in [6, 6.07) is 19.1. The number of Topliss-reactive ketones (excluding diaryl/α,β-unsaturated/α-hetero) is 1. The topological polar surface area (TPSA) is 96.0 Å². The standard InChI is InChI=1S/C41H44N2O8/c1-23-18-27-19-28-41(45)43-29(22-50-20-25-14-10-8-11-15-25)31-32(37(47-5)24(2)38(48-6)39(31)49-7)35(44)34(43)33(42(28)3)30(27)40(36(23)46-4)51-21-26-16-12-9-13-17-26/h8-18,28-29,33-34H,19-22H2,1-7H3/t28-,29-,33?,34?/m0/s1. The lowest BCUT2D eigenvalue weighted by Gasteiger charge is -2.56. The molecular formula is C41H44N2O8. The molecule has 7 rings (SSSR count). The van der Waals surface area contributed by atoms with Crippen molar-refractivity contribution in [3.8, 4) is 28.7 Å². The van der Waals surface area contributed by atoms with Crippen LogP contribution in [-0.4, -0.2) is 75.7 Å². The first-order valence-corrected chi connectivity index (χ1v) is 17.1. The highest BCUT2D eigenvalue weighted by Gasteiger charge is 2.59. The average molecular weight is 693 g/mol. The summed E-state index contributed by atoms with van der Waals surface area (Å²) in [6.45, 7) is 4.55. The number of ether oxygens (including phenoxy) is 6. The third kappa shape index (κ3) is 5.57. The van der Waals surface area contributed by atoms with E-state index < -0.39 is 24.2 Å². The quantitative estimate of drug-likeness (QED) is 0.183. The Morgan fingerprint density at radius 2 is 1.31 bits per heavy atom. The number of nitrogens with zero attached hydrogens (tertiary/aromatic N) is 2. The molecule has 4 aromatic rings. The molecule has 0 saturated carbocycles. The minimum atomic E-state index is -0.937. The molecule has 10 heteroatoms. The number of hydrogen-bond donors (Lipinski definition) is 0. The third-order valence-electron chi connectivity index (χ3n) is 10.6. The van der Waals surface area contributed by atoms with Crippen molar-refractivity contribution in [2.75, 3.05) is 42.1 Å². The van der Waals surface area contributed by atoms with Gasteiger partial charge in [0.1, 0.15) is 18.4 Å². The first-order valence-electron chi connectivity index (χ1n) is 17.1. The SMILES string of the molecule is COc1c(C)cc2c(c1OCc1ccccc1)C1C3C(=O)c4c(OC)c(C)c(OC)c(OC)c4[C@H](COCc4ccccc4)N3C(=O)[C@H](C2)N1C. The normalized spacial score (nSPS) is 20.6. The number of ketones is 1. The Balaban J connectivity index is 1.43. The van der Waals surface area contributed by atoms with E-state index in [1.165, 1.54) is 0 Å². The van der Waals surface area contributed by atoms with Crippen LogP contribution in [0.2, 0.25) is 0 Å². The number of carbonyl (C=O) groups is 2. The molecule has 0 radical (unpaired) electrons. The molecule has 51 heavy (non-hydrogen) atoms. The lowest BCUT2D eigenvalue weighted by molar-refractivity contribution is -0.156. The van der Waals surface area contributed by atoms with Gasteiger partial charge < -0.3 is 33.3 Å². The van der Waals surface area contributed by atoms with Crippen molar-refractivity contribution in [1.29, 1.82) is 0 Å². The number of carbonyl (C=O) groups excluding carboxylic acids is 2. The highest BCUT2D eigenvalue weighted by molar-refractivity contribution is 6.10. The van der Waals surface area contributed by atoms with Gasteiger partial charge in [-0.2, -0.15) is 0 Å². The van der Waals surface area contributed by atoms with Gasteiger partial charge in [0.15, 0.2) is 28.8 Å². The third-order valence-corrected chi connectivity index (χ3v) is 10.6. The Bertz CT molecular complexity index is 1960. The summed E-state index contributed by atoms with van der Waals surface area (Å²) >= 11 is 0. The Kier molecular flexibility index (Phi) is 9.39. The molecule has 4 aromatic carbocycles. The molecule has 1 amide bonds. The van der Waals surface area contributed by atoms with E-state index in [0.29, 0.717) is 65.1 Å². The summed E-state index contributed by atoms with van der Waals surface area (Å²) in [7, 11) is 8.19. The van der Waals surface area contributed by atoms with E-state index in [1.807, 2.05) is 86.5 Å². The van der Waals surface area contributed by atoms with Gasteiger partial charge >= 0.3 is 0 Å². The van der Waals surface area contributed by atoms with Gasteiger partial charge in [-0.15, -0.1) is 0 Å². The molecule has 266 valence electrons. The predicted octanol–water partition coefficient (Wildman–Crippen LogP) is 6.18. The molecule has 3 heterocycles. The molecule has 1 fully saturated rings. The van der Waals surface area contributed by atoms with Gasteiger partial charge in [-0.25, -0.2) is 0 Å². The maximum atomic E-state index is 15.3. The molecule has 10 nitrogen and oxygen atoms in total. The van der Waals surface area contributed by atoms with E-state index in [2.05, 4.69) is 6.07 Å². The zero-order valence-corrected chi connectivity index (χ0v) is 30.1. The molecule has 0 N–H and O–H groups in total. The monoisotopic (exact) mass is 692 g/mol. The fourth-order valence-corrected chi connectivity index (χ4v) is 8.34. The second-order valence-electron chi connectivity index (χ2n) is 13.3. The smallest absolute Gasteiger partial charge is 0.241 e. The highest BCUT2D eigenvalue weighted by Crippen LogP contribution is 2.57. The maximum Gasteiger partial charge on any atom is 0.241 e. The van der Waals surface area contributed by atoms with Crippen molar-refractivity contribution >= 4 is 11.7 Å². The minimum absolute atomic E-state index is 0.105. The van der Waals surface area contributed by atoms with Crippen molar-refractivity contribution in [2.24, 2.45) is 0 Å². The molecule has 0 spiro atoms. The largest absolute Gasteiger partial charge is 0.496 e. The van der Waals surface area contributed by atoms with Crippen molar-refractivity contribution in [1.82, 2.24) is 9.80 Å². The van der Waals surface area contributed by atoms with Crippen LogP contribution >= 0.6 is 0 Å². The van der Waals surface area contributed by atoms with Crippen LogP contribution in [0.4, 0.5) is 0 Å². The van der Waals surface area contributed by atoms with E-state index in [-0.39, 0.29) is 18.3 Å². The molecule has 3 aliphatic rings. The van der Waals surface area contributed by atoms with Crippen LogP contribution in [0.1, 0.15) is 61.4 Å². The number of rotatable bonds is 11. The molecular weight excluding hydrogens is 648 g/mol. The molecule has 1 saturated heterocycles. The number of benzene rings is 4. The van der Waals surface area contributed by atoms with E-state index in [0.717, 1.165) is 27.8 Å². The van der Waals surface area contributed by atoms with Gasteiger partial charge in [0.25, 0.3) is 0 Å². The summed E-state index contributed by atoms with van der Waals surface area (Å²) in [5, 5.41) is 0. The predicted molar refractivity (Wildman–Crippen MR) is 191 cm³/mol. The number of piperazine rings is 1. The number of amides is 1. The summed E-state index contributed by atoms with van der Waals surface area (Å²) in [4.78, 5) is 33.9. The average Bonchev–Trinajstić information content (AvgIpc) is 3.14. The maximum absolute atomic E-state index is 15.3. The van der Waals surface area contributed by atoms with E-state index >= 15 is 4.79 Å². The number of likely N-dealkylation sites (N-methyl/N-ethyl adjacent to an activating group) is 1. The van der Waals surface area contributed by atoms with E-state index in [1.54, 1.807) is 33.3 Å². The first kappa shape index (κ1) is 34.4. The van der Waals surface area contributed by atoms with Gasteiger partial charge in [0.2, 0.25) is 5.91 Å². The fraction of sp³-hybridized carbons (Fsp3) is 0.366. The number of aryl methyl sites for hydroxylation is 1. The second kappa shape index (κ2) is 13.9. The van der Waals surface area contributed by atoms with Crippen LogP contribution in [0, 0.1) is 13.8 Å². The Hall–Kier alpha value is -5.06. The lowest BCUT2D eigenvalue weighted by Crippen LogP contribution is -2.68. The minimum Gasteiger partial charge on any atom is -0.496 e. The molecule has 0 aromatic heterocycles. The van der Waals surface area contributed by atoms with E-state index in [4.69, 9.17) is 28.4 Å². The van der Waals surface area contributed by atoms with E-state index in [9.17, 15) is 4.79 Å². The Labute approximate surface area is 298 Å². The van der Waals surface area contributed by atoms with Crippen molar-refractivity contribution in [3.63, 3.8) is 0 Å². The zero-order valence-electron chi connectivity index (χ0n) is 30.1. The van der Waals surface area contributed by atoms with Gasteiger partial charge in [-0.3, -0.25) is 14.5 Å². The summed E-state index contributed by atoms with van der Waals surface area (Å²) < 4.78 is 36.9. The first-order chi connectivity index (χ1) is 24.7. The highest BCUT2D eigenvalue weighted by atomic mass is 16.5. The lowest BCUT2D eigenvalue weighted by atomic mass is 9.73. The van der Waals surface area contributed by atoms with Crippen LogP contribution in [0.3, 0.4) is 0 Å². The summed E-state index contributed by atoms with van der Waals surface area (Å²) in [5.74, 6) is 1.98. The van der Waals surface area contributed by atoms with Crippen LogP contribution in [0.15, 0.2) is 66.7 Å². The van der Waals surface area contributed by atoms with Crippen LogP contribution < -0.4 is 23.7 Å².